The summed E-state index contributed by atoms with van der Waals surface area (Å²) in [5, 5.41) is 3.08. The van der Waals surface area contributed by atoms with Gasteiger partial charge >= 0.3 is 0 Å². The number of pyridine rings is 1. The lowest BCUT2D eigenvalue weighted by molar-refractivity contribution is -0.116. The number of nitrogens with zero attached hydrogens (tertiary/aromatic N) is 1. The Morgan fingerprint density at radius 1 is 1.42 bits per heavy atom. The van der Waals surface area contributed by atoms with Crippen molar-refractivity contribution in [3.8, 4) is 0 Å². The third-order valence-corrected chi connectivity index (χ3v) is 2.03. The van der Waals surface area contributed by atoms with Gasteiger partial charge in [-0.15, -0.1) is 0 Å². The monoisotopic (exact) mass is 182 g/mol. The average Bonchev–Trinajstić information content (AvgIpc) is 2.03. The average molecular weight is 183 g/mol. The zero-order valence-electron chi connectivity index (χ0n) is 6.30. The Labute approximate surface area is 74.8 Å². The molecule has 1 amide bonds. The van der Waals surface area contributed by atoms with Gasteiger partial charge in [-0.1, -0.05) is 17.7 Å². The molecule has 1 N–H and O–H groups in total. The Hall–Kier alpha value is -1.09. The van der Waals surface area contributed by atoms with Crippen molar-refractivity contribution in [1.29, 1.82) is 0 Å². The van der Waals surface area contributed by atoms with Gasteiger partial charge < -0.3 is 5.32 Å². The van der Waals surface area contributed by atoms with Gasteiger partial charge in [0.1, 0.15) is 11.0 Å². The molecular weight excluding hydrogens is 176 g/mol. The molecule has 0 saturated heterocycles. The molecule has 1 aliphatic rings. The van der Waals surface area contributed by atoms with Crippen LogP contribution < -0.4 is 5.32 Å². The van der Waals surface area contributed by atoms with Crippen molar-refractivity contribution in [3.63, 3.8) is 0 Å². The molecule has 0 saturated carbocycles. The number of carbonyl (C=O) groups excluding carboxylic acids is 1. The second-order valence-electron chi connectivity index (χ2n) is 2.69. The first-order valence-corrected chi connectivity index (χ1v) is 4.09. The lowest BCUT2D eigenvalue weighted by Crippen LogP contribution is -2.19. The highest BCUT2D eigenvalue weighted by atomic mass is 35.5. The lowest BCUT2D eigenvalue weighted by Gasteiger charge is -2.14. The summed E-state index contributed by atoms with van der Waals surface area (Å²) in [4.78, 5) is 14.9. The van der Waals surface area contributed by atoms with Gasteiger partial charge in [0.2, 0.25) is 5.91 Å². The zero-order chi connectivity index (χ0) is 8.55. The molecule has 0 radical (unpaired) electrons. The summed E-state index contributed by atoms with van der Waals surface area (Å²) >= 11 is 5.66. The van der Waals surface area contributed by atoms with Gasteiger partial charge in [-0.25, -0.2) is 4.98 Å². The van der Waals surface area contributed by atoms with Crippen molar-refractivity contribution in [1.82, 2.24) is 4.98 Å². The van der Waals surface area contributed by atoms with E-state index >= 15 is 0 Å². The van der Waals surface area contributed by atoms with Crippen LogP contribution in [0, 0.1) is 0 Å². The second kappa shape index (κ2) is 2.75. The molecule has 0 bridgehead atoms. The molecular formula is C8H7ClN2O. The number of rotatable bonds is 0. The van der Waals surface area contributed by atoms with Crippen LogP contribution in [0.25, 0.3) is 0 Å². The third kappa shape index (κ3) is 1.28. The van der Waals surface area contributed by atoms with E-state index in [0.29, 0.717) is 17.4 Å². The number of halogens is 1. The van der Waals surface area contributed by atoms with Crippen molar-refractivity contribution in [2.75, 3.05) is 5.32 Å². The Morgan fingerprint density at radius 3 is 3.08 bits per heavy atom. The van der Waals surface area contributed by atoms with Gasteiger partial charge in [-0.05, 0) is 18.1 Å². The molecule has 0 fully saturated rings. The number of carbonyl (C=O) groups is 1. The molecule has 2 rings (SSSR count). The van der Waals surface area contributed by atoms with Crippen LogP contribution in [0.15, 0.2) is 12.1 Å². The van der Waals surface area contributed by atoms with E-state index in [1.165, 1.54) is 0 Å². The number of hydrogen-bond acceptors (Lipinski definition) is 2. The van der Waals surface area contributed by atoms with E-state index in [9.17, 15) is 4.79 Å². The van der Waals surface area contributed by atoms with Crippen molar-refractivity contribution in [2.45, 2.75) is 12.8 Å². The van der Waals surface area contributed by atoms with Gasteiger partial charge in [0, 0.05) is 6.42 Å². The first-order valence-electron chi connectivity index (χ1n) is 3.71. The number of hydrogen-bond donors (Lipinski definition) is 1. The number of amides is 1. The van der Waals surface area contributed by atoms with E-state index in [0.717, 1.165) is 12.0 Å². The summed E-state index contributed by atoms with van der Waals surface area (Å²) in [7, 11) is 0. The van der Waals surface area contributed by atoms with Gasteiger partial charge in [-0.3, -0.25) is 4.79 Å². The van der Waals surface area contributed by atoms with Crippen LogP contribution >= 0.6 is 11.6 Å². The van der Waals surface area contributed by atoms with Gasteiger partial charge in [0.15, 0.2) is 0 Å². The lowest BCUT2D eigenvalue weighted by atomic mass is 10.1. The molecule has 0 atom stereocenters. The Kier molecular flexibility index (Phi) is 1.73. The van der Waals surface area contributed by atoms with Gasteiger partial charge in [0.05, 0.1) is 0 Å². The predicted molar refractivity (Wildman–Crippen MR) is 46.2 cm³/mol. The largest absolute Gasteiger partial charge is 0.310 e. The summed E-state index contributed by atoms with van der Waals surface area (Å²) in [6.45, 7) is 0. The number of anilines is 1. The fraction of sp³-hybridized carbons (Fsp3) is 0.250. The summed E-state index contributed by atoms with van der Waals surface area (Å²) in [6.07, 6.45) is 1.29. The number of nitrogens with one attached hydrogen (secondary N) is 1. The van der Waals surface area contributed by atoms with Crippen molar-refractivity contribution in [3.05, 3.63) is 22.8 Å². The topological polar surface area (TPSA) is 42.0 Å². The molecule has 4 heteroatoms. The maximum Gasteiger partial charge on any atom is 0.225 e. The van der Waals surface area contributed by atoms with E-state index in [2.05, 4.69) is 10.3 Å². The minimum absolute atomic E-state index is 0.0114. The molecule has 2 heterocycles. The van der Waals surface area contributed by atoms with Crippen LogP contribution in [-0.4, -0.2) is 10.9 Å². The smallest absolute Gasteiger partial charge is 0.225 e. The van der Waals surface area contributed by atoms with Crippen LogP contribution in [0.4, 0.5) is 5.82 Å². The molecule has 0 spiro atoms. The van der Waals surface area contributed by atoms with E-state index < -0.39 is 0 Å². The minimum atomic E-state index is 0.0114. The first kappa shape index (κ1) is 7.55. The molecule has 12 heavy (non-hydrogen) atoms. The summed E-state index contributed by atoms with van der Waals surface area (Å²) < 4.78 is 0. The standard InChI is InChI=1S/C8H7ClN2O/c9-6-3-1-5-2-4-7(12)11-8(5)10-6/h1,3H,2,4H2,(H,10,11,12). The fourth-order valence-electron chi connectivity index (χ4n) is 1.22. The highest BCUT2D eigenvalue weighted by Crippen LogP contribution is 2.21. The number of aryl methyl sites for hydroxylation is 1. The minimum Gasteiger partial charge on any atom is -0.310 e. The van der Waals surface area contributed by atoms with Crippen LogP contribution in [-0.2, 0) is 11.2 Å². The highest BCUT2D eigenvalue weighted by molar-refractivity contribution is 6.29. The molecule has 1 aliphatic heterocycles. The summed E-state index contributed by atoms with van der Waals surface area (Å²) in [5.41, 5.74) is 1.05. The molecule has 0 aliphatic carbocycles. The molecule has 1 aromatic heterocycles. The zero-order valence-corrected chi connectivity index (χ0v) is 7.06. The van der Waals surface area contributed by atoms with Crippen molar-refractivity contribution < 1.29 is 4.79 Å². The Bertz CT molecular complexity index is 338. The molecule has 3 nitrogen and oxygen atoms in total. The van der Waals surface area contributed by atoms with E-state index in [-0.39, 0.29) is 5.91 Å². The van der Waals surface area contributed by atoms with Gasteiger partial charge in [-0.2, -0.15) is 0 Å². The molecule has 0 unspecified atom stereocenters. The second-order valence-corrected chi connectivity index (χ2v) is 3.08. The van der Waals surface area contributed by atoms with Gasteiger partial charge in [0.25, 0.3) is 0 Å². The first-order chi connectivity index (χ1) is 5.75. The van der Waals surface area contributed by atoms with E-state index in [1.807, 2.05) is 6.07 Å². The van der Waals surface area contributed by atoms with Crippen LogP contribution in [0.5, 0.6) is 0 Å². The summed E-state index contributed by atoms with van der Waals surface area (Å²) in [6, 6.07) is 3.63. The molecule has 1 aromatic rings. The Balaban J connectivity index is 2.44. The fourth-order valence-corrected chi connectivity index (χ4v) is 1.36. The third-order valence-electron chi connectivity index (χ3n) is 1.82. The van der Waals surface area contributed by atoms with Crippen molar-refractivity contribution in [2.24, 2.45) is 0 Å². The highest BCUT2D eigenvalue weighted by Gasteiger charge is 2.15. The quantitative estimate of drug-likeness (QED) is 0.620. The number of aromatic nitrogens is 1. The van der Waals surface area contributed by atoms with Crippen molar-refractivity contribution >= 4 is 23.3 Å². The van der Waals surface area contributed by atoms with Crippen LogP contribution in [0.2, 0.25) is 5.15 Å². The maximum absolute atomic E-state index is 10.9. The molecule has 62 valence electrons. The Morgan fingerprint density at radius 2 is 2.25 bits per heavy atom. The van der Waals surface area contributed by atoms with Crippen LogP contribution in [0.3, 0.4) is 0 Å². The van der Waals surface area contributed by atoms with Crippen LogP contribution in [0.1, 0.15) is 12.0 Å². The molecule has 0 aromatic carbocycles. The SMILES string of the molecule is O=C1CCc2ccc(Cl)nc2N1. The predicted octanol–water partition coefficient (Wildman–Crippen LogP) is 1.62. The summed E-state index contributed by atoms with van der Waals surface area (Å²) in [5.74, 6) is 0.621. The van der Waals surface area contributed by atoms with E-state index in [1.54, 1.807) is 6.07 Å². The maximum atomic E-state index is 10.9. The normalized spacial score (nSPS) is 15.2. The number of fused-ring (bicyclic) bond motifs is 1. The van der Waals surface area contributed by atoms with E-state index in [4.69, 9.17) is 11.6 Å².